The van der Waals surface area contributed by atoms with Gasteiger partial charge in [-0.1, -0.05) is 0 Å². The van der Waals surface area contributed by atoms with Crippen molar-refractivity contribution in [2.75, 3.05) is 43.2 Å². The molecule has 0 bridgehead atoms. The molecule has 1 aliphatic carbocycles. The largest absolute Gasteiger partial charge is 0.471 e. The van der Waals surface area contributed by atoms with E-state index in [9.17, 15) is 0 Å². The summed E-state index contributed by atoms with van der Waals surface area (Å²) in [7, 11) is 0. The second kappa shape index (κ2) is 7.10. The number of aromatic nitrogens is 2. The fourth-order valence-electron chi connectivity index (χ4n) is 4.53. The maximum absolute atomic E-state index is 6.42. The fraction of sp³-hybridized carbons (Fsp3) is 0.565. The number of anilines is 2. The van der Waals surface area contributed by atoms with Crippen LogP contribution in [0.4, 0.5) is 11.5 Å². The Bertz CT molecular complexity index is 940. The third-order valence-electron chi connectivity index (χ3n) is 6.69. The SMILES string of the molecule is C[C@H]1COCCN1c1nc(-c2ccc(NC3COC3)cc2)nc2c1CCC1(CC1)O2. The Morgan fingerprint density at radius 3 is 2.57 bits per heavy atom. The van der Waals surface area contributed by atoms with Crippen LogP contribution in [0.1, 0.15) is 31.7 Å². The van der Waals surface area contributed by atoms with Crippen molar-refractivity contribution in [1.29, 1.82) is 0 Å². The summed E-state index contributed by atoms with van der Waals surface area (Å²) in [5, 5.41) is 3.48. The van der Waals surface area contributed by atoms with Crippen LogP contribution < -0.4 is 15.0 Å². The van der Waals surface area contributed by atoms with E-state index in [1.807, 2.05) is 0 Å². The van der Waals surface area contributed by atoms with E-state index in [0.717, 1.165) is 93.0 Å². The molecule has 7 heteroatoms. The molecule has 158 valence electrons. The predicted octanol–water partition coefficient (Wildman–Crippen LogP) is 3.04. The summed E-state index contributed by atoms with van der Waals surface area (Å²) in [4.78, 5) is 12.3. The summed E-state index contributed by atoms with van der Waals surface area (Å²) in [6.07, 6.45) is 4.33. The van der Waals surface area contributed by atoms with E-state index in [4.69, 9.17) is 24.2 Å². The van der Waals surface area contributed by atoms with E-state index in [1.165, 1.54) is 0 Å². The molecule has 1 atom stereocenters. The van der Waals surface area contributed by atoms with Gasteiger partial charge < -0.3 is 24.4 Å². The Labute approximate surface area is 176 Å². The summed E-state index contributed by atoms with van der Waals surface area (Å²) in [6, 6.07) is 9.07. The molecule has 1 aromatic heterocycles. The summed E-state index contributed by atoms with van der Waals surface area (Å²) < 4.78 is 17.3. The summed E-state index contributed by atoms with van der Waals surface area (Å²) in [5.41, 5.74) is 3.30. The molecule has 3 fully saturated rings. The Balaban J connectivity index is 1.36. The molecule has 1 saturated carbocycles. The maximum atomic E-state index is 6.42. The zero-order valence-corrected chi connectivity index (χ0v) is 17.4. The first-order valence-electron chi connectivity index (χ1n) is 11.1. The monoisotopic (exact) mass is 408 g/mol. The second-order valence-corrected chi connectivity index (χ2v) is 9.01. The highest BCUT2D eigenvalue weighted by Gasteiger charge is 2.49. The van der Waals surface area contributed by atoms with Crippen LogP contribution in [0.3, 0.4) is 0 Å². The van der Waals surface area contributed by atoms with Crippen molar-refractivity contribution in [3.8, 4) is 17.3 Å². The Morgan fingerprint density at radius 1 is 1.03 bits per heavy atom. The zero-order valence-electron chi connectivity index (χ0n) is 17.4. The number of hydrogen-bond acceptors (Lipinski definition) is 7. The molecule has 4 aliphatic rings. The molecule has 2 aromatic rings. The van der Waals surface area contributed by atoms with Crippen LogP contribution in [0.25, 0.3) is 11.4 Å². The first kappa shape index (κ1) is 18.4. The number of ether oxygens (including phenoxy) is 3. The van der Waals surface area contributed by atoms with Gasteiger partial charge in [0.05, 0.1) is 44.1 Å². The quantitative estimate of drug-likeness (QED) is 0.834. The minimum atomic E-state index is 0.0329. The van der Waals surface area contributed by atoms with Gasteiger partial charge in [-0.2, -0.15) is 4.98 Å². The second-order valence-electron chi connectivity index (χ2n) is 9.01. The standard InChI is InChI=1S/C23H28N4O3/c1-15-12-28-11-10-27(15)21-19-6-7-23(8-9-23)30-22(19)26-20(25-21)16-2-4-17(5-3-16)24-18-13-29-14-18/h2-5,15,18,24H,6-14H2,1H3/t15-/m0/s1. The van der Waals surface area contributed by atoms with Crippen molar-refractivity contribution >= 4 is 11.5 Å². The molecule has 0 amide bonds. The zero-order chi connectivity index (χ0) is 20.1. The molecule has 6 rings (SSSR count). The third kappa shape index (κ3) is 3.30. The van der Waals surface area contributed by atoms with E-state index in [1.54, 1.807) is 0 Å². The molecule has 0 unspecified atom stereocenters. The lowest BCUT2D eigenvalue weighted by molar-refractivity contribution is 0.0211. The van der Waals surface area contributed by atoms with Crippen LogP contribution in [0, 0.1) is 0 Å². The molecule has 4 heterocycles. The smallest absolute Gasteiger partial charge is 0.222 e. The van der Waals surface area contributed by atoms with Crippen molar-refractivity contribution in [2.45, 2.75) is 50.3 Å². The van der Waals surface area contributed by atoms with Crippen LogP contribution in [0.5, 0.6) is 5.88 Å². The highest BCUT2D eigenvalue weighted by Crippen LogP contribution is 2.49. The Kier molecular flexibility index (Phi) is 4.35. The van der Waals surface area contributed by atoms with Gasteiger partial charge in [-0.15, -0.1) is 0 Å². The van der Waals surface area contributed by atoms with Gasteiger partial charge in [-0.25, -0.2) is 4.98 Å². The normalized spacial score (nSPS) is 24.7. The molecule has 2 saturated heterocycles. The Morgan fingerprint density at radius 2 is 1.87 bits per heavy atom. The highest BCUT2D eigenvalue weighted by molar-refractivity contribution is 5.65. The number of morpholine rings is 1. The van der Waals surface area contributed by atoms with E-state index in [2.05, 4.69) is 41.4 Å². The number of nitrogens with one attached hydrogen (secondary N) is 1. The molecule has 7 nitrogen and oxygen atoms in total. The third-order valence-corrected chi connectivity index (χ3v) is 6.69. The first-order valence-corrected chi connectivity index (χ1v) is 11.1. The molecule has 0 radical (unpaired) electrons. The van der Waals surface area contributed by atoms with Crippen LogP contribution in [0.2, 0.25) is 0 Å². The topological polar surface area (TPSA) is 68.7 Å². The maximum Gasteiger partial charge on any atom is 0.222 e. The molecule has 3 aliphatic heterocycles. The summed E-state index contributed by atoms with van der Waals surface area (Å²) >= 11 is 0. The summed E-state index contributed by atoms with van der Waals surface area (Å²) in [6.45, 7) is 6.05. The van der Waals surface area contributed by atoms with E-state index in [0.29, 0.717) is 12.1 Å². The predicted molar refractivity (Wildman–Crippen MR) is 114 cm³/mol. The highest BCUT2D eigenvalue weighted by atomic mass is 16.5. The average molecular weight is 409 g/mol. The van der Waals surface area contributed by atoms with Crippen molar-refractivity contribution in [2.24, 2.45) is 0 Å². The Hall–Kier alpha value is -2.38. The van der Waals surface area contributed by atoms with Crippen molar-refractivity contribution in [3.63, 3.8) is 0 Å². The van der Waals surface area contributed by atoms with Gasteiger partial charge in [-0.3, -0.25) is 0 Å². The van der Waals surface area contributed by atoms with E-state index in [-0.39, 0.29) is 5.60 Å². The lowest BCUT2D eigenvalue weighted by Gasteiger charge is -2.37. The number of fused-ring (bicyclic) bond motifs is 1. The fourth-order valence-corrected chi connectivity index (χ4v) is 4.53. The van der Waals surface area contributed by atoms with Crippen LogP contribution in [-0.4, -0.2) is 60.6 Å². The van der Waals surface area contributed by atoms with Gasteiger partial charge in [0.15, 0.2) is 5.82 Å². The molecule has 30 heavy (non-hydrogen) atoms. The lowest BCUT2D eigenvalue weighted by Crippen LogP contribution is -2.45. The molecule has 1 N–H and O–H groups in total. The summed E-state index contributed by atoms with van der Waals surface area (Å²) in [5.74, 6) is 2.54. The van der Waals surface area contributed by atoms with Gasteiger partial charge in [0.2, 0.25) is 5.88 Å². The van der Waals surface area contributed by atoms with Gasteiger partial charge in [0.1, 0.15) is 11.4 Å². The lowest BCUT2D eigenvalue weighted by atomic mass is 10.0. The van der Waals surface area contributed by atoms with Gasteiger partial charge in [0, 0.05) is 17.8 Å². The number of nitrogens with zero attached hydrogens (tertiary/aromatic N) is 3. The van der Waals surface area contributed by atoms with Gasteiger partial charge in [0.25, 0.3) is 0 Å². The molecule has 1 aromatic carbocycles. The molecular formula is C23H28N4O3. The number of rotatable bonds is 4. The number of hydrogen-bond donors (Lipinski definition) is 1. The molecule has 1 spiro atoms. The van der Waals surface area contributed by atoms with Gasteiger partial charge >= 0.3 is 0 Å². The minimum absolute atomic E-state index is 0.0329. The van der Waals surface area contributed by atoms with Crippen LogP contribution >= 0.6 is 0 Å². The van der Waals surface area contributed by atoms with Crippen molar-refractivity contribution < 1.29 is 14.2 Å². The average Bonchev–Trinajstić information content (AvgIpc) is 3.49. The molecular weight excluding hydrogens is 380 g/mol. The van der Waals surface area contributed by atoms with Crippen molar-refractivity contribution in [1.82, 2.24) is 9.97 Å². The van der Waals surface area contributed by atoms with Gasteiger partial charge in [-0.05, 0) is 56.9 Å². The van der Waals surface area contributed by atoms with Crippen LogP contribution in [0.15, 0.2) is 24.3 Å². The van der Waals surface area contributed by atoms with Crippen molar-refractivity contribution in [3.05, 3.63) is 29.8 Å². The number of benzene rings is 1. The van der Waals surface area contributed by atoms with E-state index < -0.39 is 0 Å². The first-order chi connectivity index (χ1) is 14.7. The van der Waals surface area contributed by atoms with Crippen LogP contribution in [-0.2, 0) is 15.9 Å². The minimum Gasteiger partial charge on any atom is -0.471 e. The van der Waals surface area contributed by atoms with E-state index >= 15 is 0 Å².